The second kappa shape index (κ2) is 13.6. The monoisotopic (exact) mass is 920 g/mol. The highest BCUT2D eigenvalue weighted by Crippen LogP contribution is 2.70. The second-order valence-corrected chi connectivity index (χ2v) is 23.1. The van der Waals surface area contributed by atoms with Gasteiger partial charge in [-0.25, -0.2) is 0 Å². The van der Waals surface area contributed by atoms with Crippen molar-refractivity contribution >= 4 is 112 Å². The molecule has 0 bridgehead atoms. The zero-order valence-electron chi connectivity index (χ0n) is 36.5. The largest absolute Gasteiger partial charge is 0.288 e. The first-order valence-electron chi connectivity index (χ1n) is 23.8. The van der Waals surface area contributed by atoms with Gasteiger partial charge in [-0.05, 0) is 164 Å². The highest BCUT2D eigenvalue weighted by atomic mass is 32.1. The number of carbonyl (C=O) groups excluding carboxylic acids is 4. The Morgan fingerprint density at radius 1 is 0.358 bits per heavy atom. The Balaban J connectivity index is 0.832. The Morgan fingerprint density at radius 3 is 1.01 bits per heavy atom. The normalized spacial score (nSPS) is 18.4. The van der Waals surface area contributed by atoms with Crippen LogP contribution in [0.25, 0.3) is 74.8 Å². The number of benzene rings is 6. The molecule has 0 saturated heterocycles. The minimum absolute atomic E-state index is 0.0973. The molecule has 0 amide bonds. The van der Waals surface area contributed by atoms with Crippen molar-refractivity contribution in [1.82, 2.24) is 0 Å². The fourth-order valence-electron chi connectivity index (χ4n) is 13.4. The van der Waals surface area contributed by atoms with E-state index in [-0.39, 0.29) is 45.1 Å². The van der Waals surface area contributed by atoms with Crippen molar-refractivity contribution in [2.45, 2.75) is 75.0 Å². The molecule has 6 aromatic carbocycles. The molecule has 67 heavy (non-hydrogen) atoms. The molecule has 3 aromatic heterocycles. The molecule has 0 aliphatic heterocycles. The molecule has 2 spiro atoms. The summed E-state index contributed by atoms with van der Waals surface area (Å²) in [6.07, 6.45) is 15.3. The molecule has 0 radical (unpaired) electrons. The lowest BCUT2D eigenvalue weighted by Gasteiger charge is -2.41. The number of rotatable bonds is 2. The third kappa shape index (κ3) is 5.17. The van der Waals surface area contributed by atoms with Crippen LogP contribution in [-0.4, -0.2) is 23.1 Å². The molecule has 9 aromatic rings. The summed E-state index contributed by atoms with van der Waals surface area (Å²) < 4.78 is 0. The van der Waals surface area contributed by atoms with Gasteiger partial charge < -0.3 is 0 Å². The molecule has 322 valence electrons. The van der Waals surface area contributed by atoms with Crippen LogP contribution in [0.2, 0.25) is 0 Å². The molecule has 15 rings (SSSR count). The number of hydrogen-bond donors (Lipinski definition) is 0. The van der Waals surface area contributed by atoms with Crippen molar-refractivity contribution < 1.29 is 19.2 Å². The highest BCUT2D eigenvalue weighted by molar-refractivity contribution is 7.27. The van der Waals surface area contributed by atoms with Crippen LogP contribution in [0.15, 0.2) is 120 Å². The van der Waals surface area contributed by atoms with Gasteiger partial charge in [0.05, 0.1) is 11.1 Å². The maximum absolute atomic E-state index is 14.1. The predicted octanol–water partition coefficient (Wildman–Crippen LogP) is 15.9. The molecule has 2 fully saturated rings. The SMILES string of the molecule is O=C1C(=Cc2cc3c(s2)-c2sc4c(c2C32CCCCC2)C2(CCCCC2)c2cc(C=C3C(=O)c5cc6cc7ccccc7cc6cc5C3=O)sc2-4)C(=O)c2cc3cc4ccccc4cc3cc21. The van der Waals surface area contributed by atoms with Crippen molar-refractivity contribution in [3.63, 3.8) is 0 Å². The van der Waals surface area contributed by atoms with Gasteiger partial charge in [0.1, 0.15) is 0 Å². The number of thiophene rings is 3. The molecule has 0 atom stereocenters. The molecule has 3 heterocycles. The van der Waals surface area contributed by atoms with E-state index in [4.69, 9.17) is 0 Å². The molecule has 6 aliphatic rings. The van der Waals surface area contributed by atoms with Crippen LogP contribution < -0.4 is 0 Å². The summed E-state index contributed by atoms with van der Waals surface area (Å²) in [5.41, 5.74) is 8.23. The van der Waals surface area contributed by atoms with E-state index < -0.39 is 0 Å². The quantitative estimate of drug-likeness (QED) is 0.0984. The Hall–Kier alpha value is -6.38. The van der Waals surface area contributed by atoms with Crippen LogP contribution >= 0.6 is 34.0 Å². The Labute approximate surface area is 398 Å². The van der Waals surface area contributed by atoms with Gasteiger partial charge in [-0.3, -0.25) is 19.2 Å². The first kappa shape index (κ1) is 38.7. The van der Waals surface area contributed by atoms with Gasteiger partial charge in [-0.2, -0.15) is 0 Å². The summed E-state index contributed by atoms with van der Waals surface area (Å²) in [5.74, 6) is -0.744. The summed E-state index contributed by atoms with van der Waals surface area (Å²) >= 11 is 5.44. The molecule has 7 heteroatoms. The highest BCUT2D eigenvalue weighted by Gasteiger charge is 2.56. The molecule has 0 N–H and O–H groups in total. The lowest BCUT2D eigenvalue weighted by atomic mass is 9.61. The minimum atomic E-state index is -0.186. The number of Topliss-reactive ketones (excluding diaryl/α,β-unsaturated/α-hetero) is 4. The smallest absolute Gasteiger partial charge is 0.197 e. The summed E-state index contributed by atoms with van der Waals surface area (Å²) in [6, 6.07) is 37.2. The molecular formula is C60H40O4S3. The van der Waals surface area contributed by atoms with Crippen molar-refractivity contribution in [1.29, 1.82) is 0 Å². The van der Waals surface area contributed by atoms with Crippen molar-refractivity contribution in [3.8, 4) is 19.5 Å². The lowest BCUT2D eigenvalue weighted by molar-refractivity contribution is 0.0975. The molecule has 2 saturated carbocycles. The first-order chi connectivity index (χ1) is 32.8. The summed E-state index contributed by atoms with van der Waals surface area (Å²) in [5, 5.41) is 8.31. The van der Waals surface area contributed by atoms with Crippen molar-refractivity contribution in [2.75, 3.05) is 0 Å². The van der Waals surface area contributed by atoms with E-state index in [0.29, 0.717) is 22.3 Å². The third-order valence-corrected chi connectivity index (χ3v) is 20.1. The second-order valence-electron chi connectivity index (χ2n) is 19.9. The zero-order valence-corrected chi connectivity index (χ0v) is 38.9. The van der Waals surface area contributed by atoms with Gasteiger partial charge >= 0.3 is 0 Å². The van der Waals surface area contributed by atoms with Crippen LogP contribution in [0.3, 0.4) is 0 Å². The molecule has 4 nitrogen and oxygen atoms in total. The van der Waals surface area contributed by atoms with Crippen LogP contribution in [-0.2, 0) is 10.8 Å². The minimum Gasteiger partial charge on any atom is -0.288 e. The molecule has 0 unspecified atom stereocenters. The Bertz CT molecular complexity index is 3500. The van der Waals surface area contributed by atoms with Gasteiger partial charge in [-0.15, -0.1) is 34.0 Å². The van der Waals surface area contributed by atoms with Crippen LogP contribution in [0.4, 0.5) is 0 Å². The van der Waals surface area contributed by atoms with E-state index in [2.05, 4.69) is 60.7 Å². The number of hydrogen-bond acceptors (Lipinski definition) is 7. The number of carbonyl (C=O) groups is 4. The summed E-state index contributed by atoms with van der Waals surface area (Å²) in [4.78, 5) is 63.9. The standard InChI is InChI=1S/C60H40O4S3/c61-51-41-23-35-19-31-11-3-4-12-32(31)20-36(35)24-42(41)52(62)45(51)27-39-29-47-55(65-39)57-49(59(47)15-7-1-8-16-59)50-58(67-57)56-48(60(50)17-9-2-10-18-60)30-40(66-56)28-46-53(63)43-25-37-21-33-13-5-6-14-34(33)22-38(37)26-44(43)54(46)64/h3-6,11-14,19-30H,1-2,7-10,15-18H2. The Kier molecular flexibility index (Phi) is 7.87. The zero-order chi connectivity index (χ0) is 44.5. The Morgan fingerprint density at radius 2 is 0.687 bits per heavy atom. The van der Waals surface area contributed by atoms with E-state index in [9.17, 15) is 19.2 Å². The number of fused-ring (bicyclic) bond motifs is 17. The van der Waals surface area contributed by atoms with Gasteiger partial charge in [0.15, 0.2) is 23.1 Å². The van der Waals surface area contributed by atoms with Crippen molar-refractivity contribution in [2.24, 2.45) is 0 Å². The topological polar surface area (TPSA) is 68.3 Å². The molecular weight excluding hydrogens is 881 g/mol. The van der Waals surface area contributed by atoms with Crippen LogP contribution in [0.1, 0.15) is 138 Å². The summed E-state index contributed by atoms with van der Waals surface area (Å²) in [7, 11) is 0. The number of ketones is 4. The maximum atomic E-state index is 14.1. The van der Waals surface area contributed by atoms with E-state index in [1.807, 2.05) is 72.0 Å². The predicted molar refractivity (Wildman–Crippen MR) is 275 cm³/mol. The van der Waals surface area contributed by atoms with Gasteiger partial charge in [0, 0.05) is 62.3 Å². The van der Waals surface area contributed by atoms with E-state index in [1.165, 1.54) is 69.2 Å². The van der Waals surface area contributed by atoms with Gasteiger partial charge in [0.2, 0.25) is 0 Å². The van der Waals surface area contributed by atoms with Crippen LogP contribution in [0, 0.1) is 0 Å². The average Bonchev–Trinajstić information content (AvgIpc) is 4.21. The fraction of sp³-hybridized carbons (Fsp3) is 0.200. The van der Waals surface area contributed by atoms with E-state index in [0.717, 1.165) is 78.5 Å². The van der Waals surface area contributed by atoms with Crippen molar-refractivity contribution in [3.05, 3.63) is 175 Å². The van der Waals surface area contributed by atoms with Crippen LogP contribution in [0.5, 0.6) is 0 Å². The van der Waals surface area contributed by atoms with Gasteiger partial charge in [-0.1, -0.05) is 87.1 Å². The lowest BCUT2D eigenvalue weighted by Crippen LogP contribution is -2.34. The van der Waals surface area contributed by atoms with E-state index in [1.54, 1.807) is 33.8 Å². The average molecular weight is 921 g/mol. The van der Waals surface area contributed by atoms with E-state index >= 15 is 0 Å². The molecule has 6 aliphatic carbocycles. The number of allylic oxidation sites excluding steroid dienone is 2. The van der Waals surface area contributed by atoms with Gasteiger partial charge in [0.25, 0.3) is 0 Å². The maximum Gasteiger partial charge on any atom is 0.197 e. The summed E-state index contributed by atoms with van der Waals surface area (Å²) in [6.45, 7) is 0. The third-order valence-electron chi connectivity index (χ3n) is 16.4. The first-order valence-corrected chi connectivity index (χ1v) is 26.2. The fourth-order valence-corrected chi connectivity index (χ4v) is 17.6.